The van der Waals surface area contributed by atoms with Crippen LogP contribution in [0.25, 0.3) is 0 Å². The second-order valence-electron chi connectivity index (χ2n) is 8.56. The van der Waals surface area contributed by atoms with Crippen LogP contribution >= 0.6 is 0 Å². The summed E-state index contributed by atoms with van der Waals surface area (Å²) in [5.74, 6) is 0.230. The smallest absolute Gasteiger partial charge is 0.231 e. The Morgan fingerprint density at radius 2 is 1.56 bits per heavy atom. The molecule has 1 N–H and O–H groups in total. The van der Waals surface area contributed by atoms with Gasteiger partial charge in [0.15, 0.2) is 0 Å². The van der Waals surface area contributed by atoms with Gasteiger partial charge in [0.2, 0.25) is 5.91 Å². The van der Waals surface area contributed by atoms with Crippen molar-refractivity contribution in [1.82, 2.24) is 5.32 Å². The van der Waals surface area contributed by atoms with Gasteiger partial charge in [-0.1, -0.05) is 63.3 Å². The number of hydrogen-bond acceptors (Lipinski definition) is 3. The average Bonchev–Trinajstić information content (AvgIpc) is 2.50. The highest BCUT2D eigenvalue weighted by Gasteiger charge is 2.47. The Labute approximate surface area is 166 Å². The molecule has 1 aromatic rings. The predicted octanol–water partition coefficient (Wildman–Crippen LogP) is 4.64. The minimum Gasteiger partial charge on any atom is -0.346 e. The van der Waals surface area contributed by atoms with Crippen molar-refractivity contribution in [2.24, 2.45) is 0 Å². The van der Waals surface area contributed by atoms with Crippen molar-refractivity contribution >= 4 is 15.7 Å². The summed E-state index contributed by atoms with van der Waals surface area (Å²) in [6.07, 6.45) is 8.77. The lowest BCUT2D eigenvalue weighted by atomic mass is 9.65. The maximum atomic E-state index is 13.1. The summed E-state index contributed by atoms with van der Waals surface area (Å²) in [6.45, 7) is 10.8. The van der Waals surface area contributed by atoms with Crippen molar-refractivity contribution in [2.75, 3.05) is 12.5 Å². The molecule has 0 spiro atoms. The lowest BCUT2D eigenvalue weighted by molar-refractivity contribution is -0.130. The van der Waals surface area contributed by atoms with Crippen LogP contribution in [0.2, 0.25) is 0 Å². The van der Waals surface area contributed by atoms with Gasteiger partial charge in [0.05, 0.1) is 11.0 Å². The van der Waals surface area contributed by atoms with Gasteiger partial charge in [-0.25, -0.2) is 8.42 Å². The van der Waals surface area contributed by atoms with Crippen molar-refractivity contribution in [3.8, 4) is 0 Å². The van der Waals surface area contributed by atoms with E-state index in [-0.39, 0.29) is 16.9 Å². The summed E-state index contributed by atoms with van der Waals surface area (Å²) >= 11 is 0. The van der Waals surface area contributed by atoms with Gasteiger partial charge in [-0.15, -0.1) is 0 Å². The Morgan fingerprint density at radius 3 is 2.07 bits per heavy atom. The highest BCUT2D eigenvalue weighted by molar-refractivity contribution is 7.89. The third-order valence-corrected chi connectivity index (χ3v) is 5.11. The lowest BCUT2D eigenvalue weighted by Gasteiger charge is -2.45. The number of rotatable bonds is 6. The number of hydrogen-bond donors (Lipinski definition) is 1. The van der Waals surface area contributed by atoms with Crippen LogP contribution < -0.4 is 5.32 Å². The summed E-state index contributed by atoms with van der Waals surface area (Å²) in [5, 5.41) is 3.29. The van der Waals surface area contributed by atoms with E-state index < -0.39 is 9.84 Å². The monoisotopic (exact) mass is 395 g/mol. The molecule has 1 heterocycles. The molecule has 4 nitrogen and oxygen atoms in total. The first-order valence-corrected chi connectivity index (χ1v) is 12.3. The van der Waals surface area contributed by atoms with E-state index in [9.17, 15) is 13.2 Å². The Hall–Kier alpha value is -1.36. The molecule has 0 aliphatic carbocycles. The van der Waals surface area contributed by atoms with Crippen molar-refractivity contribution in [3.05, 3.63) is 34.9 Å². The van der Waals surface area contributed by atoms with Gasteiger partial charge in [-0.05, 0) is 44.7 Å². The molecule has 1 aromatic carbocycles. The molecule has 0 bridgehead atoms. The predicted molar refractivity (Wildman–Crippen MR) is 114 cm³/mol. The van der Waals surface area contributed by atoms with E-state index in [0.717, 1.165) is 38.2 Å². The normalized spacial score (nSPS) is 20.9. The highest BCUT2D eigenvalue weighted by atomic mass is 32.2. The summed E-state index contributed by atoms with van der Waals surface area (Å²) in [4.78, 5) is 13.1. The van der Waals surface area contributed by atoms with Gasteiger partial charge in [0.1, 0.15) is 9.84 Å². The molecule has 27 heavy (non-hydrogen) atoms. The average molecular weight is 396 g/mol. The molecule has 2 rings (SSSR count). The third kappa shape index (κ3) is 6.34. The zero-order valence-electron chi connectivity index (χ0n) is 18.1. The molecule has 1 unspecified atom stereocenters. The van der Waals surface area contributed by atoms with Crippen LogP contribution in [0.5, 0.6) is 0 Å². The van der Waals surface area contributed by atoms with E-state index in [4.69, 9.17) is 0 Å². The fourth-order valence-corrected chi connectivity index (χ4v) is 3.92. The van der Waals surface area contributed by atoms with Gasteiger partial charge in [0.25, 0.3) is 0 Å². The molecule has 0 radical (unpaired) electrons. The number of fused-ring (bicyclic) bond motifs is 1. The van der Waals surface area contributed by atoms with E-state index >= 15 is 0 Å². The molecule has 0 fully saturated rings. The molecule has 154 valence electrons. The molecule has 1 atom stereocenters. The first kappa shape index (κ1) is 23.7. The molecule has 0 saturated carbocycles. The van der Waals surface area contributed by atoms with Crippen molar-refractivity contribution in [1.29, 1.82) is 0 Å². The first-order chi connectivity index (χ1) is 12.4. The Bertz CT molecular complexity index is 745. The first-order valence-electron chi connectivity index (χ1n) is 9.96. The quantitative estimate of drug-likeness (QED) is 0.714. The van der Waals surface area contributed by atoms with Gasteiger partial charge in [0, 0.05) is 12.5 Å². The minimum absolute atomic E-state index is 0.230. The van der Waals surface area contributed by atoms with Crippen molar-refractivity contribution < 1.29 is 13.2 Å². The summed E-state index contributed by atoms with van der Waals surface area (Å²) in [5.41, 5.74) is 3.21. The van der Waals surface area contributed by atoms with Crippen LogP contribution in [0.1, 0.15) is 82.9 Å². The molecule has 0 saturated heterocycles. The summed E-state index contributed by atoms with van der Waals surface area (Å²) in [6, 6.07) is 6.65. The molecule has 1 amide bonds. The number of carbonyl (C=O) groups excluding carboxylic acids is 1. The zero-order valence-corrected chi connectivity index (χ0v) is 18.9. The number of aryl methyl sites for hydroxylation is 1. The van der Waals surface area contributed by atoms with Gasteiger partial charge in [-0.2, -0.15) is 0 Å². The topological polar surface area (TPSA) is 63.2 Å². The fraction of sp³-hybridized carbons (Fsp3) is 0.682. The number of sulfone groups is 1. The van der Waals surface area contributed by atoms with E-state index in [1.165, 1.54) is 29.5 Å². The number of nitrogens with one attached hydrogen (secondary N) is 1. The lowest BCUT2D eigenvalue weighted by Crippen LogP contribution is -2.57. The van der Waals surface area contributed by atoms with E-state index in [0.29, 0.717) is 0 Å². The Balaban J connectivity index is 0.000000646. The van der Waals surface area contributed by atoms with Crippen molar-refractivity contribution in [3.63, 3.8) is 0 Å². The van der Waals surface area contributed by atoms with Crippen LogP contribution in [0, 0.1) is 6.92 Å². The number of carbonyl (C=O) groups is 1. The molecule has 1 aliphatic rings. The van der Waals surface area contributed by atoms with Crippen LogP contribution in [-0.4, -0.2) is 26.8 Å². The summed E-state index contributed by atoms with van der Waals surface area (Å²) in [7, 11) is -2.67. The van der Waals surface area contributed by atoms with Crippen LogP contribution in [0.15, 0.2) is 18.2 Å². The summed E-state index contributed by atoms with van der Waals surface area (Å²) < 4.78 is 19.3. The number of benzene rings is 1. The second kappa shape index (κ2) is 9.22. The van der Waals surface area contributed by atoms with Gasteiger partial charge < -0.3 is 5.32 Å². The van der Waals surface area contributed by atoms with E-state index in [1.54, 1.807) is 0 Å². The highest BCUT2D eigenvalue weighted by Crippen LogP contribution is 2.44. The molecule has 0 aromatic heterocycles. The number of unbranched alkanes of at least 4 members (excludes halogenated alkanes) is 2. The maximum Gasteiger partial charge on any atom is 0.231 e. The SMILES string of the molecule is CCCCCC1(CCC)C(=O)NC(C)(C)c2ccc(C)cc21.CS(C)(=O)=O. The molecular weight excluding hydrogens is 358 g/mol. The Kier molecular flexibility index (Phi) is 8.09. The minimum atomic E-state index is -2.67. The van der Waals surface area contributed by atoms with Gasteiger partial charge in [-0.3, -0.25) is 4.79 Å². The maximum absolute atomic E-state index is 13.1. The van der Waals surface area contributed by atoms with Crippen molar-refractivity contribution in [2.45, 2.75) is 84.1 Å². The van der Waals surface area contributed by atoms with Crippen LogP contribution in [0.3, 0.4) is 0 Å². The zero-order chi connectivity index (χ0) is 20.9. The largest absolute Gasteiger partial charge is 0.346 e. The molecule has 5 heteroatoms. The van der Waals surface area contributed by atoms with E-state index in [1.807, 2.05) is 0 Å². The second-order valence-corrected chi connectivity index (χ2v) is 10.8. The Morgan fingerprint density at radius 1 is 0.963 bits per heavy atom. The van der Waals surface area contributed by atoms with Crippen LogP contribution in [0.4, 0.5) is 0 Å². The molecule has 1 aliphatic heterocycles. The fourth-order valence-electron chi connectivity index (χ4n) is 3.92. The number of amides is 1. The molecular formula is C22H37NO3S. The standard InChI is InChI=1S/C20H31NO.C2H6O2S/c1-6-8-9-13-20(12-7-2)17-14-15(3)10-11-16(17)19(4,5)21-18(20)22;1-5(2,3)4/h10-11,14H,6-9,12-13H2,1-5H3,(H,21,22);1-2H3. The van der Waals surface area contributed by atoms with Gasteiger partial charge >= 0.3 is 0 Å². The van der Waals surface area contributed by atoms with E-state index in [2.05, 4.69) is 58.1 Å². The third-order valence-electron chi connectivity index (χ3n) is 5.11. The van der Waals surface area contributed by atoms with Crippen LogP contribution in [-0.2, 0) is 25.6 Å².